The molecule has 0 atom stereocenters. The molecule has 0 amide bonds. The van der Waals surface area contributed by atoms with Crippen molar-refractivity contribution >= 4 is 11.4 Å². The molecule has 11 heteroatoms. The first-order chi connectivity index (χ1) is 7.64. The zero-order valence-electron chi connectivity index (χ0n) is 8.72. The number of hydrogen-bond donors (Lipinski definition) is 0. The maximum atomic E-state index is 12.3. The summed E-state index contributed by atoms with van der Waals surface area (Å²) in [6, 6.07) is 0.160. The van der Waals surface area contributed by atoms with Gasteiger partial charge in [0, 0.05) is 6.07 Å². The van der Waals surface area contributed by atoms with E-state index in [0.717, 1.165) is 0 Å². The summed E-state index contributed by atoms with van der Waals surface area (Å²) in [5, 5.41) is 31.6. The predicted octanol–water partition coefficient (Wildman–Crippen LogP) is -1.40. The van der Waals surface area contributed by atoms with Crippen molar-refractivity contribution in [2.24, 2.45) is 0 Å². The molecule has 0 unspecified atom stereocenters. The molecule has 0 N–H and O–H groups in total. The van der Waals surface area contributed by atoms with Crippen LogP contribution in [0.1, 0.15) is 5.56 Å². The van der Waals surface area contributed by atoms with Gasteiger partial charge in [-0.2, -0.15) is 13.2 Å². The number of halogens is 3. The summed E-state index contributed by atoms with van der Waals surface area (Å²) in [5.74, 6) is -1.90. The molecule has 18 heavy (non-hydrogen) atoms. The van der Waals surface area contributed by atoms with E-state index >= 15 is 0 Å². The van der Waals surface area contributed by atoms with E-state index in [-0.39, 0.29) is 41.7 Å². The number of alkyl halides is 3. The van der Waals surface area contributed by atoms with Gasteiger partial charge in [0.1, 0.15) is 0 Å². The van der Waals surface area contributed by atoms with Crippen LogP contribution >= 0.6 is 0 Å². The summed E-state index contributed by atoms with van der Waals surface area (Å²) in [6.07, 6.45) is -5.19. The molecule has 0 aliphatic rings. The van der Waals surface area contributed by atoms with Crippen LogP contribution in [0.5, 0.6) is 5.75 Å². The van der Waals surface area contributed by atoms with Crippen LogP contribution in [0, 0.1) is 20.2 Å². The molecule has 1 aromatic rings. The SMILES string of the molecule is O=[N+]([O-])c1cc([N+](=O)[O-])c([O-])c(C(F)(F)F)c1.[Na+]. The molecule has 0 heterocycles. The van der Waals surface area contributed by atoms with E-state index < -0.39 is 38.7 Å². The molecule has 92 valence electrons. The van der Waals surface area contributed by atoms with Crippen LogP contribution in [0.2, 0.25) is 0 Å². The van der Waals surface area contributed by atoms with Crippen molar-refractivity contribution < 1.29 is 57.7 Å². The largest absolute Gasteiger partial charge is 1.00 e. The molecule has 0 aromatic heterocycles. The van der Waals surface area contributed by atoms with Crippen LogP contribution < -0.4 is 34.7 Å². The third kappa shape index (κ3) is 3.31. The Labute approximate surface area is 119 Å². The summed E-state index contributed by atoms with van der Waals surface area (Å²) >= 11 is 0. The Morgan fingerprint density at radius 3 is 1.89 bits per heavy atom. The van der Waals surface area contributed by atoms with Crippen LogP contribution in [0.25, 0.3) is 0 Å². The second kappa shape index (κ2) is 5.50. The average Bonchev–Trinajstić information content (AvgIpc) is 2.15. The molecule has 1 rings (SSSR count). The van der Waals surface area contributed by atoms with Gasteiger partial charge in [-0.15, -0.1) is 0 Å². The second-order valence-corrected chi connectivity index (χ2v) is 2.85. The van der Waals surface area contributed by atoms with E-state index in [4.69, 9.17) is 0 Å². The molecule has 0 aliphatic carbocycles. The van der Waals surface area contributed by atoms with E-state index in [2.05, 4.69) is 0 Å². The van der Waals surface area contributed by atoms with Crippen molar-refractivity contribution in [3.8, 4) is 5.75 Å². The minimum atomic E-state index is -5.19. The van der Waals surface area contributed by atoms with Gasteiger partial charge in [0.05, 0.1) is 21.5 Å². The molecule has 0 saturated heterocycles. The Hall–Kier alpha value is -1.39. The number of nitro benzene ring substituents is 2. The van der Waals surface area contributed by atoms with Crippen molar-refractivity contribution in [1.29, 1.82) is 0 Å². The van der Waals surface area contributed by atoms with Crippen LogP contribution in [0.4, 0.5) is 24.5 Å². The van der Waals surface area contributed by atoms with Gasteiger partial charge in [0.15, 0.2) is 0 Å². The van der Waals surface area contributed by atoms with Crippen LogP contribution in [0.15, 0.2) is 12.1 Å². The molecule has 0 saturated carbocycles. The zero-order valence-corrected chi connectivity index (χ0v) is 10.7. The fourth-order valence-corrected chi connectivity index (χ4v) is 1.05. The van der Waals surface area contributed by atoms with Crippen molar-refractivity contribution in [3.63, 3.8) is 0 Å². The van der Waals surface area contributed by atoms with E-state index in [9.17, 15) is 38.5 Å². The quantitative estimate of drug-likeness (QED) is 0.374. The molecule has 7 nitrogen and oxygen atoms in total. The topological polar surface area (TPSA) is 109 Å². The Bertz CT molecular complexity index is 505. The molecule has 0 radical (unpaired) electrons. The first kappa shape index (κ1) is 16.6. The van der Waals surface area contributed by atoms with Gasteiger partial charge in [0.25, 0.3) is 11.4 Å². The third-order valence-corrected chi connectivity index (χ3v) is 1.77. The first-order valence-electron chi connectivity index (χ1n) is 3.85. The van der Waals surface area contributed by atoms with Gasteiger partial charge in [-0.25, -0.2) is 0 Å². The van der Waals surface area contributed by atoms with Gasteiger partial charge in [-0.1, -0.05) is 0 Å². The number of benzene rings is 1. The molecule has 0 fully saturated rings. The minimum absolute atomic E-state index is 0. The Morgan fingerprint density at radius 1 is 1.06 bits per heavy atom. The molecule has 0 aliphatic heterocycles. The average molecular weight is 274 g/mol. The van der Waals surface area contributed by atoms with Gasteiger partial charge in [0.2, 0.25) is 0 Å². The van der Waals surface area contributed by atoms with E-state index in [1.807, 2.05) is 0 Å². The number of rotatable bonds is 2. The zero-order chi connectivity index (χ0) is 13.4. The van der Waals surface area contributed by atoms with Gasteiger partial charge in [-0.3, -0.25) is 20.2 Å². The second-order valence-electron chi connectivity index (χ2n) is 2.85. The molecule has 1 aromatic carbocycles. The van der Waals surface area contributed by atoms with Crippen molar-refractivity contribution in [1.82, 2.24) is 0 Å². The summed E-state index contributed by atoms with van der Waals surface area (Å²) in [5.41, 5.74) is -4.58. The number of nitro groups is 2. The predicted molar refractivity (Wildman–Crippen MR) is 44.2 cm³/mol. The van der Waals surface area contributed by atoms with Crippen molar-refractivity contribution in [3.05, 3.63) is 37.9 Å². The minimum Gasteiger partial charge on any atom is -0.867 e. The monoisotopic (exact) mass is 274 g/mol. The van der Waals surface area contributed by atoms with Crippen LogP contribution in [0.3, 0.4) is 0 Å². The van der Waals surface area contributed by atoms with Gasteiger partial charge < -0.3 is 5.11 Å². The summed E-state index contributed by atoms with van der Waals surface area (Å²) < 4.78 is 36.9. The van der Waals surface area contributed by atoms with E-state index in [1.165, 1.54) is 0 Å². The molecular weight excluding hydrogens is 272 g/mol. The standard InChI is InChI=1S/C7H3F3N2O5.Na/c8-7(9,10)4-1-3(11(14)15)2-5(6(4)13)12(16)17;/h1-2,13H;/q;+1/p-1. The first-order valence-corrected chi connectivity index (χ1v) is 3.85. The normalized spacial score (nSPS) is 10.6. The van der Waals surface area contributed by atoms with Crippen molar-refractivity contribution in [2.75, 3.05) is 0 Å². The van der Waals surface area contributed by atoms with Crippen molar-refractivity contribution in [2.45, 2.75) is 6.18 Å². The summed E-state index contributed by atoms with van der Waals surface area (Å²) in [7, 11) is 0. The van der Waals surface area contributed by atoms with Crippen LogP contribution in [-0.2, 0) is 6.18 Å². The molecule has 0 spiro atoms. The smallest absolute Gasteiger partial charge is 0.867 e. The number of non-ortho nitro benzene ring substituents is 1. The Morgan fingerprint density at radius 2 is 1.56 bits per heavy atom. The van der Waals surface area contributed by atoms with E-state index in [1.54, 1.807) is 0 Å². The van der Waals surface area contributed by atoms with Gasteiger partial charge in [-0.05, 0) is 5.75 Å². The maximum absolute atomic E-state index is 12.3. The summed E-state index contributed by atoms with van der Waals surface area (Å²) in [6.45, 7) is 0. The number of nitrogens with zero attached hydrogens (tertiary/aromatic N) is 2. The Kier molecular flexibility index (Phi) is 5.08. The fraction of sp³-hybridized carbons (Fsp3) is 0.143. The summed E-state index contributed by atoms with van der Waals surface area (Å²) in [4.78, 5) is 17.9. The van der Waals surface area contributed by atoms with E-state index in [0.29, 0.717) is 0 Å². The van der Waals surface area contributed by atoms with Crippen LogP contribution in [-0.4, -0.2) is 9.85 Å². The fourth-order valence-electron chi connectivity index (χ4n) is 1.05. The number of hydrogen-bond acceptors (Lipinski definition) is 5. The third-order valence-electron chi connectivity index (χ3n) is 1.77. The molecular formula is C7H2F3N2NaO5. The maximum Gasteiger partial charge on any atom is 1.00 e. The Balaban J connectivity index is 0.00000289. The van der Waals surface area contributed by atoms with Gasteiger partial charge >= 0.3 is 35.7 Å². The molecule has 0 bridgehead atoms.